The monoisotopic (exact) mass is 781 g/mol. The molecule has 0 unspecified atom stereocenters. The van der Waals surface area contributed by atoms with Crippen LogP contribution in [0, 0.1) is 17.9 Å². The van der Waals surface area contributed by atoms with Crippen molar-refractivity contribution in [3.63, 3.8) is 0 Å². The topological polar surface area (TPSA) is 56.7 Å². The van der Waals surface area contributed by atoms with Crippen LogP contribution in [0.1, 0.15) is 26.5 Å². The van der Waals surface area contributed by atoms with Gasteiger partial charge in [-0.1, -0.05) is 74.9 Å². The van der Waals surface area contributed by atoms with Crippen molar-refractivity contribution in [1.29, 1.82) is 0 Å². The average molecular weight is 781 g/mol. The second-order valence-corrected chi connectivity index (χ2v) is 11.7. The maximum Gasteiger partial charge on any atom is 0.121 e. The van der Waals surface area contributed by atoms with Gasteiger partial charge in [0.15, 0.2) is 0 Å². The minimum absolute atomic E-state index is 0. The number of benzene rings is 4. The Hall–Kier alpha value is -4.97. The summed E-state index contributed by atoms with van der Waals surface area (Å²) in [7, 11) is 0. The van der Waals surface area contributed by atoms with Gasteiger partial charge >= 0.3 is 0 Å². The van der Waals surface area contributed by atoms with E-state index in [-0.39, 0.29) is 31.3 Å². The normalized spacial score (nSPS) is 11.3. The molecule has 0 aliphatic carbocycles. The molecule has 8 aromatic rings. The van der Waals surface area contributed by atoms with Crippen LogP contribution in [0.4, 0.5) is 4.39 Å². The van der Waals surface area contributed by atoms with Gasteiger partial charge in [-0.2, -0.15) is 0 Å². The van der Waals surface area contributed by atoms with E-state index in [1.807, 2.05) is 97.1 Å². The van der Waals surface area contributed by atoms with Crippen molar-refractivity contribution in [3.8, 4) is 28.3 Å². The van der Waals surface area contributed by atoms with Gasteiger partial charge in [0.2, 0.25) is 0 Å². The summed E-state index contributed by atoms with van der Waals surface area (Å²) in [4.78, 5) is 13.8. The zero-order valence-corrected chi connectivity index (χ0v) is 27.9. The number of para-hydroxylation sites is 2. The first-order valence-electron chi connectivity index (χ1n) is 14.7. The number of fused-ring (bicyclic) bond motifs is 4. The third-order valence-electron chi connectivity index (χ3n) is 7.60. The van der Waals surface area contributed by atoms with Gasteiger partial charge in [0.05, 0.1) is 28.6 Å². The number of rotatable bonds is 3. The van der Waals surface area contributed by atoms with Crippen molar-refractivity contribution in [2.75, 3.05) is 0 Å². The molecule has 229 valence electrons. The molecule has 0 saturated carbocycles. The number of halogens is 1. The minimum atomic E-state index is -0.363. The number of imidazole rings is 1. The third kappa shape index (κ3) is 5.87. The van der Waals surface area contributed by atoms with Crippen LogP contribution in [-0.2, 0) is 25.5 Å². The van der Waals surface area contributed by atoms with E-state index >= 15 is 0 Å². The number of hydrogen-bond acceptors (Lipinski definition) is 4. The summed E-state index contributed by atoms with van der Waals surface area (Å²) in [5, 5.41) is 1.18. The summed E-state index contributed by atoms with van der Waals surface area (Å²) in [5.74, 6) is 0.269. The van der Waals surface area contributed by atoms with E-state index in [2.05, 4.69) is 53.5 Å². The molecule has 0 atom stereocenters. The van der Waals surface area contributed by atoms with Crippen LogP contribution >= 0.6 is 0 Å². The molecule has 4 aromatic carbocycles. The minimum Gasteiger partial charge on any atom is -0.500 e. The van der Waals surface area contributed by atoms with Crippen molar-refractivity contribution in [1.82, 2.24) is 19.5 Å². The Bertz CT molecular complexity index is 2220. The Morgan fingerprint density at radius 3 is 2.33 bits per heavy atom. The fraction of sp³-hybridized carbons (Fsp3) is 0.103. The SMILES string of the molecule is CC(C)(C)c1cc2c(cn1)nc(-c1[c-]cc(F)c3c1oc1ccccc13)n2-c1ccccc1.[Ir].[c-]1ccccc1-c1ccccn1. The fourth-order valence-electron chi connectivity index (χ4n) is 5.37. The molecule has 0 amide bonds. The molecule has 8 rings (SSSR count). The number of hydrogen-bond donors (Lipinski definition) is 0. The number of aromatic nitrogens is 4. The van der Waals surface area contributed by atoms with E-state index in [9.17, 15) is 4.39 Å². The first-order valence-corrected chi connectivity index (χ1v) is 14.7. The molecule has 1 radical (unpaired) electrons. The molecule has 0 fully saturated rings. The summed E-state index contributed by atoms with van der Waals surface area (Å²) in [6.45, 7) is 6.41. The molecule has 4 heterocycles. The van der Waals surface area contributed by atoms with E-state index in [0.717, 1.165) is 39.1 Å². The molecular formula is C39H29FIrN4O-2. The van der Waals surface area contributed by atoms with E-state index in [1.165, 1.54) is 6.07 Å². The van der Waals surface area contributed by atoms with Crippen molar-refractivity contribution < 1.29 is 28.9 Å². The zero-order valence-electron chi connectivity index (χ0n) is 25.5. The van der Waals surface area contributed by atoms with Crippen LogP contribution in [-0.4, -0.2) is 19.5 Å². The second kappa shape index (κ2) is 12.8. The van der Waals surface area contributed by atoms with E-state index in [4.69, 9.17) is 9.40 Å². The fourth-order valence-corrected chi connectivity index (χ4v) is 5.37. The molecule has 0 bridgehead atoms. The summed E-state index contributed by atoms with van der Waals surface area (Å²) in [5.41, 5.74) is 7.17. The van der Waals surface area contributed by atoms with Crippen molar-refractivity contribution in [3.05, 3.63) is 145 Å². The molecule has 0 spiro atoms. The van der Waals surface area contributed by atoms with Gasteiger partial charge in [-0.25, -0.2) is 0 Å². The van der Waals surface area contributed by atoms with Gasteiger partial charge in [0, 0.05) is 54.3 Å². The molecule has 0 saturated heterocycles. The van der Waals surface area contributed by atoms with Gasteiger partial charge in [0.1, 0.15) is 5.58 Å². The molecule has 7 heteroatoms. The number of furan rings is 1. The molecule has 0 aliphatic heterocycles. The summed E-state index contributed by atoms with van der Waals surface area (Å²) in [6.07, 6.45) is 3.59. The molecule has 0 aliphatic rings. The average Bonchev–Trinajstić information content (AvgIpc) is 3.65. The van der Waals surface area contributed by atoms with Crippen molar-refractivity contribution in [2.24, 2.45) is 0 Å². The predicted molar refractivity (Wildman–Crippen MR) is 178 cm³/mol. The number of pyridine rings is 2. The van der Waals surface area contributed by atoms with Crippen LogP contribution in [0.15, 0.2) is 126 Å². The summed E-state index contributed by atoms with van der Waals surface area (Å²) in [6, 6.07) is 40.9. The van der Waals surface area contributed by atoms with Crippen LogP contribution in [0.2, 0.25) is 0 Å². The third-order valence-corrected chi connectivity index (χ3v) is 7.60. The maximum atomic E-state index is 14.9. The van der Waals surface area contributed by atoms with Crippen molar-refractivity contribution >= 4 is 33.0 Å². The smallest absolute Gasteiger partial charge is 0.121 e. The quantitative estimate of drug-likeness (QED) is 0.168. The van der Waals surface area contributed by atoms with Gasteiger partial charge in [-0.3, -0.25) is 14.4 Å². The predicted octanol–water partition coefficient (Wildman–Crippen LogP) is 9.77. The van der Waals surface area contributed by atoms with Crippen LogP contribution in [0.3, 0.4) is 0 Å². The Morgan fingerprint density at radius 1 is 0.826 bits per heavy atom. The Labute approximate surface area is 280 Å². The van der Waals surface area contributed by atoms with Gasteiger partial charge in [-0.05, 0) is 41.4 Å². The Morgan fingerprint density at radius 2 is 1.59 bits per heavy atom. The second-order valence-electron chi connectivity index (χ2n) is 11.7. The number of nitrogens with zero attached hydrogens (tertiary/aromatic N) is 4. The van der Waals surface area contributed by atoms with E-state index in [1.54, 1.807) is 12.4 Å². The Balaban J connectivity index is 0.000000241. The van der Waals surface area contributed by atoms with Gasteiger partial charge < -0.3 is 14.0 Å². The van der Waals surface area contributed by atoms with Crippen LogP contribution in [0.25, 0.3) is 61.3 Å². The van der Waals surface area contributed by atoms with Crippen LogP contribution < -0.4 is 0 Å². The molecule has 0 N–H and O–H groups in total. The van der Waals surface area contributed by atoms with E-state index in [0.29, 0.717) is 27.9 Å². The first kappa shape index (κ1) is 31.0. The zero-order chi connectivity index (χ0) is 31.0. The van der Waals surface area contributed by atoms with Crippen molar-refractivity contribution in [2.45, 2.75) is 26.2 Å². The van der Waals surface area contributed by atoms with E-state index < -0.39 is 0 Å². The summed E-state index contributed by atoms with van der Waals surface area (Å²) < 4.78 is 23.1. The standard InChI is InChI=1S/C28H21FN3O.C11H8N.Ir/c1-28(2,3)24-15-22-21(16-30-24)31-27(32(22)17-9-5-4-6-10-17)19-13-14-20(29)25-18-11-7-8-12-23(18)33-26(19)25;1-2-6-10(7-3-1)11-8-4-5-9-12-11;/h4-12,14-16H,1-3H3;1-6,8-9H;/q2*-1;. The first-order chi connectivity index (χ1) is 21.9. The van der Waals surface area contributed by atoms with Crippen LogP contribution in [0.5, 0.6) is 0 Å². The molecule has 46 heavy (non-hydrogen) atoms. The largest absolute Gasteiger partial charge is 0.500 e. The molecular weight excluding hydrogens is 752 g/mol. The van der Waals surface area contributed by atoms with Gasteiger partial charge in [0.25, 0.3) is 0 Å². The Kier molecular flexibility index (Phi) is 8.63. The molecule has 5 nitrogen and oxygen atoms in total. The molecule has 4 aromatic heterocycles. The summed E-state index contributed by atoms with van der Waals surface area (Å²) >= 11 is 0. The maximum absolute atomic E-state index is 14.9. The van der Waals surface area contributed by atoms with Gasteiger partial charge in [-0.15, -0.1) is 48.0 Å².